The molecule has 0 saturated carbocycles. The van der Waals surface area contributed by atoms with Gasteiger partial charge in [0.2, 0.25) is 0 Å². The van der Waals surface area contributed by atoms with Gasteiger partial charge in [-0.3, -0.25) is 19.9 Å². The van der Waals surface area contributed by atoms with Crippen molar-refractivity contribution >= 4 is 23.3 Å². The predicted octanol–water partition coefficient (Wildman–Crippen LogP) is 1.35. The second kappa shape index (κ2) is 7.78. The van der Waals surface area contributed by atoms with Crippen LogP contribution in [0.2, 0.25) is 0 Å². The molecular weight excluding hydrogens is 322 g/mol. The van der Waals surface area contributed by atoms with E-state index in [9.17, 15) is 9.59 Å². The second-order valence-electron chi connectivity index (χ2n) is 6.13. The standard InChI is InChI=1S/C17H21N5O3/c1-12-10-14(2-6-18-12)22-7-3-13(4-8-22)11-19-16(23)17(24)20-15-5-9-25-21-15/h2,5-6,9-10,13H,3-4,7-8,11H2,1H3,(H,19,23)(H,20,21,24). The molecule has 1 fully saturated rings. The van der Waals surface area contributed by atoms with Crippen molar-refractivity contribution < 1.29 is 14.1 Å². The third-order valence-electron chi connectivity index (χ3n) is 4.30. The number of anilines is 2. The van der Waals surface area contributed by atoms with Crippen LogP contribution in [-0.4, -0.2) is 41.6 Å². The summed E-state index contributed by atoms with van der Waals surface area (Å²) in [5, 5.41) is 8.60. The van der Waals surface area contributed by atoms with Crippen LogP contribution in [0.25, 0.3) is 0 Å². The van der Waals surface area contributed by atoms with Gasteiger partial charge in [-0.2, -0.15) is 0 Å². The molecule has 2 aromatic heterocycles. The summed E-state index contributed by atoms with van der Waals surface area (Å²) < 4.78 is 4.60. The Bertz CT molecular complexity index is 724. The molecule has 8 nitrogen and oxygen atoms in total. The predicted molar refractivity (Wildman–Crippen MR) is 92.1 cm³/mol. The van der Waals surface area contributed by atoms with E-state index in [4.69, 9.17) is 0 Å². The van der Waals surface area contributed by atoms with Crippen LogP contribution in [0.3, 0.4) is 0 Å². The van der Waals surface area contributed by atoms with Crippen molar-refractivity contribution in [1.29, 1.82) is 0 Å². The van der Waals surface area contributed by atoms with Crippen molar-refractivity contribution in [3.63, 3.8) is 0 Å². The van der Waals surface area contributed by atoms with Crippen LogP contribution in [-0.2, 0) is 9.59 Å². The number of aromatic nitrogens is 2. The molecule has 1 saturated heterocycles. The van der Waals surface area contributed by atoms with Crippen LogP contribution in [0.1, 0.15) is 18.5 Å². The quantitative estimate of drug-likeness (QED) is 0.813. The molecule has 0 atom stereocenters. The highest BCUT2D eigenvalue weighted by molar-refractivity contribution is 6.39. The number of carbonyl (C=O) groups excluding carboxylic acids is 2. The highest BCUT2D eigenvalue weighted by Gasteiger charge is 2.22. The van der Waals surface area contributed by atoms with Gasteiger partial charge in [0.25, 0.3) is 0 Å². The molecule has 2 amide bonds. The van der Waals surface area contributed by atoms with Gasteiger partial charge in [-0.1, -0.05) is 5.16 Å². The fraction of sp³-hybridized carbons (Fsp3) is 0.412. The van der Waals surface area contributed by atoms with Gasteiger partial charge in [-0.15, -0.1) is 0 Å². The molecule has 0 aliphatic carbocycles. The fourth-order valence-electron chi connectivity index (χ4n) is 2.89. The highest BCUT2D eigenvalue weighted by Crippen LogP contribution is 2.23. The molecule has 3 rings (SSSR count). The zero-order chi connectivity index (χ0) is 17.6. The minimum atomic E-state index is -0.737. The van der Waals surface area contributed by atoms with E-state index in [1.54, 1.807) is 0 Å². The molecule has 25 heavy (non-hydrogen) atoms. The summed E-state index contributed by atoms with van der Waals surface area (Å²) in [6.45, 7) is 4.33. The van der Waals surface area contributed by atoms with Crippen LogP contribution in [0.15, 0.2) is 35.2 Å². The van der Waals surface area contributed by atoms with Crippen molar-refractivity contribution in [1.82, 2.24) is 15.5 Å². The Labute approximate surface area is 145 Å². The maximum Gasteiger partial charge on any atom is 0.314 e. The van der Waals surface area contributed by atoms with Crippen molar-refractivity contribution in [3.8, 4) is 0 Å². The first-order chi connectivity index (χ1) is 12.1. The molecule has 0 radical (unpaired) electrons. The van der Waals surface area contributed by atoms with E-state index in [-0.39, 0.29) is 5.82 Å². The van der Waals surface area contributed by atoms with Crippen molar-refractivity contribution in [3.05, 3.63) is 36.4 Å². The Morgan fingerprint density at radius 1 is 1.28 bits per heavy atom. The Morgan fingerprint density at radius 3 is 2.76 bits per heavy atom. The first kappa shape index (κ1) is 16.9. The number of nitrogens with zero attached hydrogens (tertiary/aromatic N) is 3. The summed E-state index contributed by atoms with van der Waals surface area (Å²) in [7, 11) is 0. The van der Waals surface area contributed by atoms with Gasteiger partial charge in [-0.25, -0.2) is 0 Å². The van der Waals surface area contributed by atoms with E-state index < -0.39 is 11.8 Å². The van der Waals surface area contributed by atoms with Gasteiger partial charge in [0, 0.05) is 43.3 Å². The molecular formula is C17H21N5O3. The first-order valence-corrected chi connectivity index (χ1v) is 8.29. The number of pyridine rings is 1. The normalized spacial score (nSPS) is 15.0. The zero-order valence-corrected chi connectivity index (χ0v) is 14.1. The lowest BCUT2D eigenvalue weighted by Gasteiger charge is -2.33. The van der Waals surface area contributed by atoms with Crippen LogP contribution in [0.4, 0.5) is 11.5 Å². The summed E-state index contributed by atoms with van der Waals surface area (Å²) >= 11 is 0. The van der Waals surface area contributed by atoms with E-state index in [2.05, 4.69) is 36.3 Å². The van der Waals surface area contributed by atoms with Gasteiger partial charge in [0.05, 0.1) is 0 Å². The third kappa shape index (κ3) is 4.56. The topological polar surface area (TPSA) is 100 Å². The maximum absolute atomic E-state index is 11.8. The number of amides is 2. The van der Waals surface area contributed by atoms with Crippen LogP contribution in [0, 0.1) is 12.8 Å². The molecule has 0 aromatic carbocycles. The van der Waals surface area contributed by atoms with E-state index in [1.165, 1.54) is 18.0 Å². The fourth-order valence-corrected chi connectivity index (χ4v) is 2.89. The van der Waals surface area contributed by atoms with E-state index >= 15 is 0 Å². The lowest BCUT2D eigenvalue weighted by Crippen LogP contribution is -2.41. The number of nitrogens with one attached hydrogen (secondary N) is 2. The summed E-state index contributed by atoms with van der Waals surface area (Å²) in [6.07, 6.45) is 5.08. The number of hydrogen-bond donors (Lipinski definition) is 2. The van der Waals surface area contributed by atoms with Crippen LogP contribution >= 0.6 is 0 Å². The molecule has 0 bridgehead atoms. The lowest BCUT2D eigenvalue weighted by atomic mass is 9.96. The second-order valence-corrected chi connectivity index (χ2v) is 6.13. The third-order valence-corrected chi connectivity index (χ3v) is 4.30. The Hall–Kier alpha value is -2.90. The van der Waals surface area contributed by atoms with E-state index in [1.807, 2.05) is 19.2 Å². The summed E-state index contributed by atoms with van der Waals surface area (Å²) in [5.41, 5.74) is 2.19. The number of piperidine rings is 1. The van der Waals surface area contributed by atoms with E-state index in [0.717, 1.165) is 31.6 Å². The van der Waals surface area contributed by atoms with Gasteiger partial charge >= 0.3 is 11.8 Å². The van der Waals surface area contributed by atoms with Gasteiger partial charge in [0.1, 0.15) is 6.26 Å². The monoisotopic (exact) mass is 343 g/mol. The highest BCUT2D eigenvalue weighted by atomic mass is 16.5. The molecule has 1 aliphatic heterocycles. The minimum Gasteiger partial charge on any atom is -0.371 e. The molecule has 0 spiro atoms. The Balaban J connectivity index is 1.41. The smallest absolute Gasteiger partial charge is 0.314 e. The van der Waals surface area contributed by atoms with Gasteiger partial charge in [0.15, 0.2) is 5.82 Å². The SMILES string of the molecule is Cc1cc(N2CCC(CNC(=O)C(=O)Nc3ccon3)CC2)ccn1. The lowest BCUT2D eigenvalue weighted by molar-refractivity contribution is -0.136. The van der Waals surface area contributed by atoms with Crippen molar-refractivity contribution in [2.45, 2.75) is 19.8 Å². The largest absolute Gasteiger partial charge is 0.371 e. The van der Waals surface area contributed by atoms with Crippen LogP contribution < -0.4 is 15.5 Å². The van der Waals surface area contributed by atoms with Crippen molar-refractivity contribution in [2.24, 2.45) is 5.92 Å². The van der Waals surface area contributed by atoms with Gasteiger partial charge < -0.3 is 14.7 Å². The molecule has 2 aromatic rings. The molecule has 0 unspecified atom stereocenters. The molecule has 3 heterocycles. The number of carbonyl (C=O) groups is 2. The maximum atomic E-state index is 11.8. The zero-order valence-electron chi connectivity index (χ0n) is 14.1. The van der Waals surface area contributed by atoms with E-state index in [0.29, 0.717) is 12.5 Å². The molecule has 2 N–H and O–H groups in total. The molecule has 1 aliphatic rings. The average molecular weight is 343 g/mol. The number of aryl methyl sites for hydroxylation is 1. The average Bonchev–Trinajstić information content (AvgIpc) is 3.13. The summed E-state index contributed by atoms with van der Waals surface area (Å²) in [6, 6.07) is 5.57. The minimum absolute atomic E-state index is 0.223. The summed E-state index contributed by atoms with van der Waals surface area (Å²) in [5.74, 6) is -0.808. The van der Waals surface area contributed by atoms with Crippen LogP contribution in [0.5, 0.6) is 0 Å². The molecule has 8 heteroatoms. The van der Waals surface area contributed by atoms with Crippen molar-refractivity contribution in [2.75, 3.05) is 29.9 Å². The Morgan fingerprint density at radius 2 is 2.08 bits per heavy atom. The molecule has 132 valence electrons. The Kier molecular flexibility index (Phi) is 5.27. The summed E-state index contributed by atoms with van der Waals surface area (Å²) in [4.78, 5) is 30.1. The number of hydrogen-bond acceptors (Lipinski definition) is 6. The first-order valence-electron chi connectivity index (χ1n) is 8.29. The van der Waals surface area contributed by atoms with Gasteiger partial charge in [-0.05, 0) is 37.8 Å². The number of rotatable bonds is 4.